The van der Waals surface area contributed by atoms with E-state index in [1.54, 1.807) is 6.08 Å². The third kappa shape index (κ3) is 38.3. The molecule has 0 heterocycles. The number of carbonyl (C=O) groups excluding carboxylic acids is 1. The van der Waals surface area contributed by atoms with Crippen molar-refractivity contribution in [1.29, 1.82) is 0 Å². The monoisotopic (exact) mass is 732 g/mol. The molecule has 3 unspecified atom stereocenters. The lowest BCUT2D eigenvalue weighted by Crippen LogP contribution is -2.45. The predicted molar refractivity (Wildman–Crippen MR) is 227 cm³/mol. The van der Waals surface area contributed by atoms with E-state index in [4.69, 9.17) is 0 Å². The molecular weight excluding hydrogens is 643 g/mol. The van der Waals surface area contributed by atoms with E-state index < -0.39 is 18.2 Å². The van der Waals surface area contributed by atoms with Crippen molar-refractivity contribution < 1.29 is 20.1 Å². The fraction of sp³-hybridized carbons (Fsp3) is 0.851. The summed E-state index contributed by atoms with van der Waals surface area (Å²) in [6.45, 7) is 4.20. The van der Waals surface area contributed by atoms with Crippen LogP contribution in [0.1, 0.15) is 232 Å². The van der Waals surface area contributed by atoms with Gasteiger partial charge in [0, 0.05) is 0 Å². The van der Waals surface area contributed by atoms with E-state index in [1.807, 2.05) is 6.08 Å². The molecule has 0 aromatic heterocycles. The summed E-state index contributed by atoms with van der Waals surface area (Å²) in [5.41, 5.74) is 0. The van der Waals surface area contributed by atoms with E-state index >= 15 is 0 Å². The summed E-state index contributed by atoms with van der Waals surface area (Å²) < 4.78 is 0. The molecule has 0 aliphatic rings. The van der Waals surface area contributed by atoms with Crippen LogP contribution >= 0.6 is 0 Å². The molecule has 5 heteroatoms. The molecule has 0 bridgehead atoms. The van der Waals surface area contributed by atoms with Crippen LogP contribution in [0.15, 0.2) is 36.5 Å². The Morgan fingerprint density at radius 1 is 0.481 bits per heavy atom. The van der Waals surface area contributed by atoms with Crippen molar-refractivity contribution in [2.24, 2.45) is 0 Å². The first-order valence-corrected chi connectivity index (χ1v) is 22.8. The van der Waals surface area contributed by atoms with E-state index in [9.17, 15) is 20.1 Å². The molecular formula is C47H89NO4. The maximum atomic E-state index is 12.4. The number of aliphatic hydroxyl groups excluding tert-OH is 3. The van der Waals surface area contributed by atoms with Gasteiger partial charge in [0.15, 0.2) is 0 Å². The Kier molecular flexibility index (Phi) is 41.1. The van der Waals surface area contributed by atoms with Gasteiger partial charge in [-0.1, -0.05) is 204 Å². The number of amides is 1. The zero-order valence-electron chi connectivity index (χ0n) is 34.7. The molecule has 0 saturated carbocycles. The zero-order valence-corrected chi connectivity index (χ0v) is 34.7. The van der Waals surface area contributed by atoms with Crippen LogP contribution in [0.5, 0.6) is 0 Å². The third-order valence-electron chi connectivity index (χ3n) is 10.4. The Bertz CT molecular complexity index is 809. The average Bonchev–Trinajstić information content (AvgIpc) is 3.14. The molecule has 306 valence electrons. The molecule has 0 saturated heterocycles. The summed E-state index contributed by atoms with van der Waals surface area (Å²) >= 11 is 0. The topological polar surface area (TPSA) is 89.8 Å². The largest absolute Gasteiger partial charge is 0.394 e. The summed E-state index contributed by atoms with van der Waals surface area (Å²) in [5, 5.41) is 33.2. The molecule has 3 atom stereocenters. The van der Waals surface area contributed by atoms with E-state index in [1.165, 1.54) is 161 Å². The number of rotatable bonds is 41. The van der Waals surface area contributed by atoms with Gasteiger partial charge in [0.25, 0.3) is 0 Å². The molecule has 0 spiro atoms. The number of unbranched alkanes of at least 4 members (excludes halogenated alkanes) is 28. The van der Waals surface area contributed by atoms with Gasteiger partial charge in [-0.2, -0.15) is 0 Å². The number of carbonyl (C=O) groups is 1. The van der Waals surface area contributed by atoms with Crippen LogP contribution in [0.25, 0.3) is 0 Å². The van der Waals surface area contributed by atoms with Gasteiger partial charge >= 0.3 is 0 Å². The van der Waals surface area contributed by atoms with Gasteiger partial charge in [-0.15, -0.1) is 0 Å². The minimum absolute atomic E-state index is 0.000524. The Labute approximate surface area is 324 Å². The lowest BCUT2D eigenvalue weighted by atomic mass is 10.0. The van der Waals surface area contributed by atoms with E-state index in [2.05, 4.69) is 43.5 Å². The highest BCUT2D eigenvalue weighted by Crippen LogP contribution is 2.15. The molecule has 0 radical (unpaired) electrons. The van der Waals surface area contributed by atoms with Gasteiger partial charge < -0.3 is 20.6 Å². The van der Waals surface area contributed by atoms with Crippen molar-refractivity contribution in [3.63, 3.8) is 0 Å². The lowest BCUT2D eigenvalue weighted by Gasteiger charge is -2.20. The zero-order chi connectivity index (χ0) is 38.0. The van der Waals surface area contributed by atoms with Crippen molar-refractivity contribution in [1.82, 2.24) is 5.32 Å². The van der Waals surface area contributed by atoms with Crippen LogP contribution in [0.2, 0.25) is 0 Å². The van der Waals surface area contributed by atoms with Gasteiger partial charge in [0.05, 0.1) is 31.3 Å². The van der Waals surface area contributed by atoms with Gasteiger partial charge in [0.1, 0.15) is 0 Å². The summed E-state index contributed by atoms with van der Waals surface area (Å²) in [4.78, 5) is 12.4. The minimum Gasteiger partial charge on any atom is -0.394 e. The number of nitrogens with one attached hydrogen (secondary N) is 1. The predicted octanol–water partition coefficient (Wildman–Crippen LogP) is 13.2. The minimum atomic E-state index is -0.953. The van der Waals surface area contributed by atoms with Crippen LogP contribution < -0.4 is 5.32 Å². The lowest BCUT2D eigenvalue weighted by molar-refractivity contribution is -0.124. The molecule has 4 N–H and O–H groups in total. The molecule has 0 rings (SSSR count). The average molecular weight is 732 g/mol. The molecule has 0 aromatic carbocycles. The van der Waals surface area contributed by atoms with E-state index in [0.29, 0.717) is 6.42 Å². The number of aliphatic hydroxyl groups is 3. The molecule has 0 aliphatic heterocycles. The van der Waals surface area contributed by atoms with Crippen LogP contribution in [0, 0.1) is 0 Å². The maximum absolute atomic E-state index is 12.4. The van der Waals surface area contributed by atoms with Gasteiger partial charge in [-0.05, 0) is 57.8 Å². The number of hydrogen-bond donors (Lipinski definition) is 4. The Hall–Kier alpha value is -1.43. The van der Waals surface area contributed by atoms with Crippen LogP contribution in [0.4, 0.5) is 0 Å². The quantitative estimate of drug-likeness (QED) is 0.0372. The standard InChI is InChI=1S/C47H89NO4/c1-3-5-7-9-11-13-15-17-19-20-21-22-23-24-25-27-29-31-33-35-37-39-41-46(51)45(43-49)48-47(52)42-44(50)40-38-36-34-32-30-28-26-18-16-14-12-10-8-6-4-2/h18,26,31,33,39,41,44-46,49-51H,3-17,19-25,27-30,32,34-38,40,42-43H2,1-2H3,(H,48,52)/b26-18-,33-31+,41-39+. The van der Waals surface area contributed by atoms with Gasteiger partial charge in [-0.25, -0.2) is 0 Å². The highest BCUT2D eigenvalue weighted by atomic mass is 16.3. The van der Waals surface area contributed by atoms with Crippen molar-refractivity contribution in [2.45, 2.75) is 250 Å². The van der Waals surface area contributed by atoms with Crippen molar-refractivity contribution in [3.8, 4) is 0 Å². The Morgan fingerprint density at radius 3 is 1.23 bits per heavy atom. The van der Waals surface area contributed by atoms with Crippen molar-refractivity contribution >= 4 is 5.91 Å². The summed E-state index contributed by atoms with van der Waals surface area (Å²) in [5.74, 6) is -0.330. The van der Waals surface area contributed by atoms with E-state index in [0.717, 1.165) is 44.9 Å². The second-order valence-corrected chi connectivity index (χ2v) is 15.6. The number of allylic oxidation sites excluding steroid dienone is 5. The molecule has 0 fully saturated rings. The van der Waals surface area contributed by atoms with E-state index in [-0.39, 0.29) is 18.9 Å². The van der Waals surface area contributed by atoms with Crippen molar-refractivity contribution in [2.75, 3.05) is 6.61 Å². The second-order valence-electron chi connectivity index (χ2n) is 15.6. The molecule has 0 aliphatic carbocycles. The number of hydrogen-bond acceptors (Lipinski definition) is 4. The van der Waals surface area contributed by atoms with Gasteiger partial charge in [-0.3, -0.25) is 4.79 Å². The molecule has 52 heavy (non-hydrogen) atoms. The second kappa shape index (κ2) is 42.3. The summed E-state index contributed by atoms with van der Waals surface area (Å²) in [7, 11) is 0. The van der Waals surface area contributed by atoms with Crippen LogP contribution in [-0.2, 0) is 4.79 Å². The first kappa shape index (κ1) is 50.6. The highest BCUT2D eigenvalue weighted by Gasteiger charge is 2.20. The third-order valence-corrected chi connectivity index (χ3v) is 10.4. The van der Waals surface area contributed by atoms with Crippen LogP contribution in [-0.4, -0.2) is 46.1 Å². The first-order chi connectivity index (χ1) is 25.5. The van der Waals surface area contributed by atoms with Crippen molar-refractivity contribution in [3.05, 3.63) is 36.5 Å². The van der Waals surface area contributed by atoms with Crippen LogP contribution in [0.3, 0.4) is 0 Å². The smallest absolute Gasteiger partial charge is 0.222 e. The van der Waals surface area contributed by atoms with Gasteiger partial charge in [0.2, 0.25) is 5.91 Å². The fourth-order valence-electron chi connectivity index (χ4n) is 6.88. The Balaban J connectivity index is 3.70. The normalized spacial score (nSPS) is 13.9. The molecule has 5 nitrogen and oxygen atoms in total. The maximum Gasteiger partial charge on any atom is 0.222 e. The SMILES string of the molecule is CCCCCCCC/C=C\CCCCCCCC(O)CC(=O)NC(CO)C(O)/C=C/CC/C=C/CCCCCCCCCCCCCCCCCC. The fourth-order valence-corrected chi connectivity index (χ4v) is 6.88. The highest BCUT2D eigenvalue weighted by molar-refractivity contribution is 5.76. The first-order valence-electron chi connectivity index (χ1n) is 22.8. The summed E-state index contributed by atoms with van der Waals surface area (Å²) in [6, 6.07) is -0.763. The summed E-state index contributed by atoms with van der Waals surface area (Å²) in [6.07, 6.45) is 52.9. The Morgan fingerprint density at radius 2 is 0.827 bits per heavy atom. The molecule has 0 aromatic rings. The molecule has 1 amide bonds.